The van der Waals surface area contributed by atoms with E-state index in [0.29, 0.717) is 12.1 Å². The van der Waals surface area contributed by atoms with Crippen LogP contribution in [0.15, 0.2) is 18.2 Å². The standard InChI is InChI=1S/C11H16N2O/c1-4-13-11(14)9-6-5-8(2)10(7-9)12-3/h5-7,12H,4H2,1-3H3,(H,13,14). The summed E-state index contributed by atoms with van der Waals surface area (Å²) in [5, 5.41) is 5.82. The largest absolute Gasteiger partial charge is 0.388 e. The van der Waals surface area contributed by atoms with Crippen molar-refractivity contribution in [1.29, 1.82) is 0 Å². The molecule has 76 valence electrons. The Morgan fingerprint density at radius 1 is 1.43 bits per heavy atom. The molecule has 3 nitrogen and oxygen atoms in total. The third-order valence-electron chi connectivity index (χ3n) is 2.11. The Morgan fingerprint density at radius 2 is 2.14 bits per heavy atom. The number of amides is 1. The van der Waals surface area contributed by atoms with Crippen LogP contribution >= 0.6 is 0 Å². The number of rotatable bonds is 3. The maximum absolute atomic E-state index is 11.5. The van der Waals surface area contributed by atoms with Crippen LogP contribution in [0.3, 0.4) is 0 Å². The van der Waals surface area contributed by atoms with Gasteiger partial charge in [0.2, 0.25) is 0 Å². The Labute approximate surface area is 84.5 Å². The molecule has 1 rings (SSSR count). The molecule has 3 heteroatoms. The number of hydrogen-bond donors (Lipinski definition) is 2. The number of anilines is 1. The molecule has 0 bridgehead atoms. The van der Waals surface area contributed by atoms with Crippen molar-refractivity contribution in [2.75, 3.05) is 18.9 Å². The van der Waals surface area contributed by atoms with Crippen LogP contribution in [0.2, 0.25) is 0 Å². The van der Waals surface area contributed by atoms with Crippen LogP contribution in [0, 0.1) is 6.92 Å². The Hall–Kier alpha value is -1.51. The first kappa shape index (κ1) is 10.6. The first-order chi connectivity index (χ1) is 6.69. The van der Waals surface area contributed by atoms with Gasteiger partial charge in [0.25, 0.3) is 5.91 Å². The highest BCUT2D eigenvalue weighted by Gasteiger charge is 2.05. The van der Waals surface area contributed by atoms with Gasteiger partial charge in [-0.15, -0.1) is 0 Å². The Balaban J connectivity index is 2.94. The molecular formula is C11H16N2O. The zero-order valence-electron chi connectivity index (χ0n) is 8.85. The lowest BCUT2D eigenvalue weighted by atomic mass is 10.1. The Bertz CT molecular complexity index is 334. The van der Waals surface area contributed by atoms with Crippen molar-refractivity contribution in [2.24, 2.45) is 0 Å². The molecule has 0 aliphatic rings. The van der Waals surface area contributed by atoms with Gasteiger partial charge in [-0.25, -0.2) is 0 Å². The van der Waals surface area contributed by atoms with Crippen molar-refractivity contribution in [3.8, 4) is 0 Å². The molecule has 0 spiro atoms. The van der Waals surface area contributed by atoms with Crippen LogP contribution < -0.4 is 10.6 Å². The third kappa shape index (κ3) is 2.25. The van der Waals surface area contributed by atoms with E-state index in [1.807, 2.05) is 39.1 Å². The number of benzene rings is 1. The van der Waals surface area contributed by atoms with E-state index in [-0.39, 0.29) is 5.91 Å². The average molecular weight is 192 g/mol. The minimum atomic E-state index is -0.0241. The van der Waals surface area contributed by atoms with Crippen molar-refractivity contribution >= 4 is 11.6 Å². The molecule has 1 aromatic rings. The van der Waals surface area contributed by atoms with E-state index in [9.17, 15) is 4.79 Å². The zero-order valence-corrected chi connectivity index (χ0v) is 8.85. The highest BCUT2D eigenvalue weighted by Crippen LogP contribution is 2.15. The van der Waals surface area contributed by atoms with Gasteiger partial charge in [-0.1, -0.05) is 6.07 Å². The van der Waals surface area contributed by atoms with E-state index in [1.165, 1.54) is 0 Å². The quantitative estimate of drug-likeness (QED) is 0.766. The van der Waals surface area contributed by atoms with Gasteiger partial charge >= 0.3 is 0 Å². The van der Waals surface area contributed by atoms with Crippen molar-refractivity contribution in [3.63, 3.8) is 0 Å². The maximum Gasteiger partial charge on any atom is 0.251 e. The molecule has 0 aliphatic heterocycles. The lowest BCUT2D eigenvalue weighted by Crippen LogP contribution is -2.22. The van der Waals surface area contributed by atoms with Crippen molar-refractivity contribution < 1.29 is 4.79 Å². The van der Waals surface area contributed by atoms with Crippen molar-refractivity contribution in [2.45, 2.75) is 13.8 Å². The van der Waals surface area contributed by atoms with Gasteiger partial charge in [-0.2, -0.15) is 0 Å². The number of aryl methyl sites for hydroxylation is 1. The molecule has 0 fully saturated rings. The Morgan fingerprint density at radius 3 is 2.71 bits per heavy atom. The summed E-state index contributed by atoms with van der Waals surface area (Å²) in [6.07, 6.45) is 0. The van der Waals surface area contributed by atoms with Gasteiger partial charge in [-0.3, -0.25) is 4.79 Å². The van der Waals surface area contributed by atoms with Crippen LogP contribution in [-0.4, -0.2) is 19.5 Å². The van der Waals surface area contributed by atoms with Crippen LogP contribution in [0.1, 0.15) is 22.8 Å². The van der Waals surface area contributed by atoms with Crippen molar-refractivity contribution in [3.05, 3.63) is 29.3 Å². The molecule has 0 aliphatic carbocycles. The second-order valence-electron chi connectivity index (χ2n) is 3.14. The van der Waals surface area contributed by atoms with E-state index >= 15 is 0 Å². The molecule has 2 N–H and O–H groups in total. The average Bonchev–Trinajstić information content (AvgIpc) is 2.19. The molecule has 0 aromatic heterocycles. The lowest BCUT2D eigenvalue weighted by molar-refractivity contribution is 0.0956. The van der Waals surface area contributed by atoms with Gasteiger partial charge in [-0.05, 0) is 31.5 Å². The first-order valence-electron chi connectivity index (χ1n) is 4.75. The van der Waals surface area contributed by atoms with Gasteiger partial charge in [0, 0.05) is 24.8 Å². The molecule has 1 aromatic carbocycles. The Kier molecular flexibility index (Phi) is 3.51. The molecule has 0 saturated heterocycles. The summed E-state index contributed by atoms with van der Waals surface area (Å²) in [7, 11) is 1.85. The maximum atomic E-state index is 11.5. The van der Waals surface area contributed by atoms with Gasteiger partial charge in [0.05, 0.1) is 0 Å². The molecule has 0 saturated carbocycles. The third-order valence-corrected chi connectivity index (χ3v) is 2.11. The van der Waals surface area contributed by atoms with E-state index in [0.717, 1.165) is 11.3 Å². The molecule has 0 heterocycles. The SMILES string of the molecule is CCNC(=O)c1ccc(C)c(NC)c1. The van der Waals surface area contributed by atoms with Crippen molar-refractivity contribution in [1.82, 2.24) is 5.32 Å². The highest BCUT2D eigenvalue weighted by molar-refractivity contribution is 5.95. The summed E-state index contributed by atoms with van der Waals surface area (Å²) < 4.78 is 0. The molecule has 14 heavy (non-hydrogen) atoms. The van der Waals surface area contributed by atoms with Crippen LogP contribution in [0.5, 0.6) is 0 Å². The summed E-state index contributed by atoms with van der Waals surface area (Å²) in [5.74, 6) is -0.0241. The predicted octanol–water partition coefficient (Wildman–Crippen LogP) is 1.79. The molecule has 1 amide bonds. The molecular weight excluding hydrogens is 176 g/mol. The summed E-state index contributed by atoms with van der Waals surface area (Å²) in [5.41, 5.74) is 2.83. The fraction of sp³-hybridized carbons (Fsp3) is 0.364. The lowest BCUT2D eigenvalue weighted by Gasteiger charge is -2.07. The second kappa shape index (κ2) is 4.65. The molecule has 0 unspecified atom stereocenters. The first-order valence-corrected chi connectivity index (χ1v) is 4.75. The molecule has 0 atom stereocenters. The highest BCUT2D eigenvalue weighted by atomic mass is 16.1. The summed E-state index contributed by atoms with van der Waals surface area (Å²) in [6, 6.07) is 5.64. The number of hydrogen-bond acceptors (Lipinski definition) is 2. The second-order valence-corrected chi connectivity index (χ2v) is 3.14. The van der Waals surface area contributed by atoms with E-state index in [2.05, 4.69) is 10.6 Å². The fourth-order valence-corrected chi connectivity index (χ4v) is 1.30. The predicted molar refractivity (Wildman–Crippen MR) is 58.7 cm³/mol. The van der Waals surface area contributed by atoms with E-state index < -0.39 is 0 Å². The fourth-order valence-electron chi connectivity index (χ4n) is 1.30. The summed E-state index contributed by atoms with van der Waals surface area (Å²) in [4.78, 5) is 11.5. The minimum absolute atomic E-state index is 0.0241. The summed E-state index contributed by atoms with van der Waals surface area (Å²) >= 11 is 0. The van der Waals surface area contributed by atoms with Gasteiger partial charge in [0.15, 0.2) is 0 Å². The van der Waals surface area contributed by atoms with E-state index in [4.69, 9.17) is 0 Å². The monoisotopic (exact) mass is 192 g/mol. The number of carbonyl (C=O) groups excluding carboxylic acids is 1. The topological polar surface area (TPSA) is 41.1 Å². The van der Waals surface area contributed by atoms with Gasteiger partial charge in [0.1, 0.15) is 0 Å². The van der Waals surface area contributed by atoms with E-state index in [1.54, 1.807) is 0 Å². The van der Waals surface area contributed by atoms with Crippen LogP contribution in [0.4, 0.5) is 5.69 Å². The number of carbonyl (C=O) groups is 1. The molecule has 0 radical (unpaired) electrons. The normalized spacial score (nSPS) is 9.64. The van der Waals surface area contributed by atoms with Gasteiger partial charge < -0.3 is 10.6 Å². The van der Waals surface area contributed by atoms with Crippen LogP contribution in [0.25, 0.3) is 0 Å². The minimum Gasteiger partial charge on any atom is -0.388 e. The zero-order chi connectivity index (χ0) is 10.6. The summed E-state index contributed by atoms with van der Waals surface area (Å²) in [6.45, 7) is 4.57. The smallest absolute Gasteiger partial charge is 0.251 e. The number of nitrogens with one attached hydrogen (secondary N) is 2. The van der Waals surface area contributed by atoms with Crippen LogP contribution in [-0.2, 0) is 0 Å².